The van der Waals surface area contributed by atoms with Crippen molar-refractivity contribution in [2.45, 2.75) is 51.0 Å². The van der Waals surface area contributed by atoms with Crippen LogP contribution in [0.1, 0.15) is 50.4 Å². The Hall–Kier alpha value is -1.15. The van der Waals surface area contributed by atoms with Gasteiger partial charge in [0.15, 0.2) is 0 Å². The van der Waals surface area contributed by atoms with Crippen LogP contribution >= 0.6 is 11.6 Å². The van der Waals surface area contributed by atoms with Crippen molar-refractivity contribution in [2.75, 3.05) is 26.3 Å². The molecular weight excluding hydrogens is 388 g/mol. The summed E-state index contributed by atoms with van der Waals surface area (Å²) in [5, 5.41) is 3.05. The highest BCUT2D eigenvalue weighted by Crippen LogP contribution is 2.26. The molecule has 0 spiro atoms. The molecular formula is C19H29ClN2O4S. The molecule has 0 aromatic heterocycles. The zero-order chi connectivity index (χ0) is 20.0. The van der Waals surface area contributed by atoms with Gasteiger partial charge in [0.05, 0.1) is 18.2 Å². The largest absolute Gasteiger partial charge is 0.379 e. The lowest BCUT2D eigenvalue weighted by Gasteiger charge is -2.26. The first-order valence-corrected chi connectivity index (χ1v) is 11.2. The van der Waals surface area contributed by atoms with Crippen molar-refractivity contribution < 1.29 is 17.9 Å². The van der Waals surface area contributed by atoms with Gasteiger partial charge in [0.25, 0.3) is 5.91 Å². The number of nitrogens with one attached hydrogen (secondary N) is 1. The van der Waals surface area contributed by atoms with Gasteiger partial charge in [-0.15, -0.1) is 0 Å². The Labute approximate surface area is 167 Å². The van der Waals surface area contributed by atoms with Gasteiger partial charge in [0, 0.05) is 24.7 Å². The van der Waals surface area contributed by atoms with Crippen molar-refractivity contribution in [3.8, 4) is 0 Å². The van der Waals surface area contributed by atoms with Crippen molar-refractivity contribution in [2.24, 2.45) is 5.92 Å². The highest BCUT2D eigenvalue weighted by Gasteiger charge is 2.29. The van der Waals surface area contributed by atoms with E-state index in [4.69, 9.17) is 16.3 Å². The Morgan fingerprint density at radius 3 is 2.52 bits per heavy atom. The molecule has 2 rings (SSSR count). The van der Waals surface area contributed by atoms with Crippen LogP contribution in [0.3, 0.4) is 0 Å². The molecule has 1 aliphatic heterocycles. The Balaban J connectivity index is 2.10. The van der Waals surface area contributed by atoms with Gasteiger partial charge in [-0.2, -0.15) is 4.31 Å². The highest BCUT2D eigenvalue weighted by molar-refractivity contribution is 7.89. The molecule has 1 aromatic carbocycles. The molecule has 27 heavy (non-hydrogen) atoms. The number of halogens is 1. The monoisotopic (exact) mass is 416 g/mol. The molecule has 0 unspecified atom stereocenters. The number of hydrogen-bond acceptors (Lipinski definition) is 4. The van der Waals surface area contributed by atoms with Crippen LogP contribution in [0.15, 0.2) is 23.1 Å². The van der Waals surface area contributed by atoms with E-state index < -0.39 is 10.0 Å². The summed E-state index contributed by atoms with van der Waals surface area (Å²) in [6, 6.07) is 4.40. The van der Waals surface area contributed by atoms with Gasteiger partial charge >= 0.3 is 0 Å². The van der Waals surface area contributed by atoms with E-state index in [1.807, 2.05) is 6.92 Å². The van der Waals surface area contributed by atoms with Gasteiger partial charge in [-0.05, 0) is 37.5 Å². The summed E-state index contributed by atoms with van der Waals surface area (Å²) in [4.78, 5) is 12.5. The van der Waals surface area contributed by atoms with E-state index in [1.165, 1.54) is 16.4 Å². The van der Waals surface area contributed by atoms with Crippen LogP contribution in [0.25, 0.3) is 0 Å². The quantitative estimate of drug-likeness (QED) is 0.705. The third-order valence-electron chi connectivity index (χ3n) is 4.58. The first-order chi connectivity index (χ1) is 12.7. The molecule has 1 atom stereocenters. The topological polar surface area (TPSA) is 75.7 Å². The number of morpholine rings is 1. The molecule has 6 nitrogen and oxygen atoms in total. The van der Waals surface area contributed by atoms with Crippen LogP contribution < -0.4 is 5.32 Å². The van der Waals surface area contributed by atoms with Crippen molar-refractivity contribution in [3.05, 3.63) is 28.8 Å². The van der Waals surface area contributed by atoms with Crippen LogP contribution in [0.4, 0.5) is 0 Å². The summed E-state index contributed by atoms with van der Waals surface area (Å²) < 4.78 is 32.3. The number of rotatable bonds is 8. The Kier molecular flexibility index (Phi) is 8.09. The van der Waals surface area contributed by atoms with Crippen molar-refractivity contribution in [1.29, 1.82) is 0 Å². The maximum absolute atomic E-state index is 12.9. The third kappa shape index (κ3) is 6.17. The second-order valence-electron chi connectivity index (χ2n) is 7.36. The van der Waals surface area contributed by atoms with Crippen molar-refractivity contribution in [3.63, 3.8) is 0 Å². The number of nitrogens with zero attached hydrogens (tertiary/aromatic N) is 1. The van der Waals surface area contributed by atoms with Gasteiger partial charge < -0.3 is 10.1 Å². The van der Waals surface area contributed by atoms with Crippen molar-refractivity contribution in [1.82, 2.24) is 9.62 Å². The first kappa shape index (κ1) is 22.1. The zero-order valence-electron chi connectivity index (χ0n) is 16.2. The minimum absolute atomic E-state index is 0.0197. The summed E-state index contributed by atoms with van der Waals surface area (Å²) in [6.45, 7) is 7.57. The van der Waals surface area contributed by atoms with E-state index in [1.54, 1.807) is 6.07 Å². The van der Waals surface area contributed by atoms with Gasteiger partial charge in [-0.3, -0.25) is 4.79 Å². The standard InChI is InChI=1S/C19H29ClN2O4S/c1-14(2)5-4-6-15(3)21-19(23)16-7-8-17(20)18(13-16)27(24,25)22-9-11-26-12-10-22/h7-8,13-15H,4-6,9-12H2,1-3H3,(H,21,23)/t15-/m1/s1. The zero-order valence-corrected chi connectivity index (χ0v) is 17.8. The lowest BCUT2D eigenvalue weighted by Crippen LogP contribution is -2.40. The lowest BCUT2D eigenvalue weighted by molar-refractivity contribution is 0.0730. The molecule has 0 bridgehead atoms. The molecule has 0 saturated carbocycles. The summed E-state index contributed by atoms with van der Waals surface area (Å²) >= 11 is 6.14. The summed E-state index contributed by atoms with van der Waals surface area (Å²) in [5.41, 5.74) is 0.293. The number of sulfonamides is 1. The van der Waals surface area contributed by atoms with E-state index in [-0.39, 0.29) is 35.0 Å². The second-order valence-corrected chi connectivity index (χ2v) is 9.67. The van der Waals surface area contributed by atoms with E-state index >= 15 is 0 Å². The Morgan fingerprint density at radius 2 is 1.89 bits per heavy atom. The lowest BCUT2D eigenvalue weighted by atomic mass is 10.0. The fourth-order valence-corrected chi connectivity index (χ4v) is 4.89. The van der Waals surface area contributed by atoms with Gasteiger partial charge in [0.2, 0.25) is 10.0 Å². The Bertz CT molecular complexity index is 746. The molecule has 1 fully saturated rings. The van der Waals surface area contributed by atoms with Gasteiger partial charge in [-0.1, -0.05) is 38.3 Å². The van der Waals surface area contributed by atoms with E-state index in [9.17, 15) is 13.2 Å². The Morgan fingerprint density at radius 1 is 1.22 bits per heavy atom. The average molecular weight is 417 g/mol. The van der Waals surface area contributed by atoms with Crippen LogP contribution in [-0.2, 0) is 14.8 Å². The predicted molar refractivity (Wildman–Crippen MR) is 107 cm³/mol. The minimum atomic E-state index is -3.76. The maximum atomic E-state index is 12.9. The first-order valence-electron chi connectivity index (χ1n) is 9.40. The molecule has 0 aliphatic carbocycles. The van der Waals surface area contributed by atoms with Crippen LogP contribution in [0.5, 0.6) is 0 Å². The van der Waals surface area contributed by atoms with E-state index in [2.05, 4.69) is 19.2 Å². The van der Waals surface area contributed by atoms with E-state index in [0.717, 1.165) is 19.3 Å². The molecule has 1 saturated heterocycles. The fourth-order valence-electron chi connectivity index (χ4n) is 2.98. The maximum Gasteiger partial charge on any atom is 0.251 e. The highest BCUT2D eigenvalue weighted by atomic mass is 35.5. The molecule has 0 radical (unpaired) electrons. The number of hydrogen-bond donors (Lipinski definition) is 1. The molecule has 1 amide bonds. The molecule has 152 valence electrons. The number of carbonyl (C=O) groups is 1. The fraction of sp³-hybridized carbons (Fsp3) is 0.632. The minimum Gasteiger partial charge on any atom is -0.379 e. The number of amides is 1. The number of ether oxygens (including phenoxy) is 1. The molecule has 1 N–H and O–H groups in total. The van der Waals surface area contributed by atoms with Gasteiger partial charge in [0.1, 0.15) is 4.90 Å². The normalized spacial score (nSPS) is 17.1. The smallest absolute Gasteiger partial charge is 0.251 e. The number of carbonyl (C=O) groups excluding carboxylic acids is 1. The third-order valence-corrected chi connectivity index (χ3v) is 6.96. The predicted octanol–water partition coefficient (Wildman–Crippen LogP) is 3.31. The van der Waals surface area contributed by atoms with Crippen molar-refractivity contribution >= 4 is 27.5 Å². The summed E-state index contributed by atoms with van der Waals surface area (Å²) in [6.07, 6.45) is 3.04. The molecule has 1 aliphatic rings. The summed E-state index contributed by atoms with van der Waals surface area (Å²) in [7, 11) is -3.76. The summed E-state index contributed by atoms with van der Waals surface area (Å²) in [5.74, 6) is 0.347. The van der Waals surface area contributed by atoms with Crippen LogP contribution in [-0.4, -0.2) is 51.0 Å². The van der Waals surface area contributed by atoms with E-state index in [0.29, 0.717) is 24.7 Å². The number of benzene rings is 1. The SMILES string of the molecule is CC(C)CCC[C@@H](C)NC(=O)c1ccc(Cl)c(S(=O)(=O)N2CCOCC2)c1. The second kappa shape index (κ2) is 9.87. The molecule has 1 aromatic rings. The molecule has 1 heterocycles. The average Bonchev–Trinajstić information content (AvgIpc) is 2.62. The van der Waals surface area contributed by atoms with Crippen LogP contribution in [0.2, 0.25) is 5.02 Å². The van der Waals surface area contributed by atoms with Gasteiger partial charge in [-0.25, -0.2) is 8.42 Å². The molecule has 8 heteroatoms. The van der Waals surface area contributed by atoms with Crippen LogP contribution in [0, 0.1) is 5.92 Å².